The Morgan fingerprint density at radius 3 is 2.85 bits per heavy atom. The van der Waals surface area contributed by atoms with Crippen LogP contribution in [0.5, 0.6) is 11.5 Å². The molecule has 0 fully saturated rings. The van der Waals surface area contributed by atoms with Crippen molar-refractivity contribution in [3.05, 3.63) is 46.4 Å². The number of amides is 1. The molecule has 1 aliphatic heterocycles. The van der Waals surface area contributed by atoms with Gasteiger partial charge in [-0.2, -0.15) is 0 Å². The predicted molar refractivity (Wildman–Crippen MR) is 82.0 cm³/mol. The highest BCUT2D eigenvalue weighted by Crippen LogP contribution is 2.35. The number of nitrogen functional groups attached to an aromatic ring is 1. The van der Waals surface area contributed by atoms with Crippen LogP contribution in [0, 0.1) is 0 Å². The summed E-state index contributed by atoms with van der Waals surface area (Å²) in [5, 5.41) is 2.82. The van der Waals surface area contributed by atoms with Crippen LogP contribution in [0.2, 0.25) is 0 Å². The summed E-state index contributed by atoms with van der Waals surface area (Å²) in [6, 6.07) is 11.2. The summed E-state index contributed by atoms with van der Waals surface area (Å²) in [6.45, 7) is 0. The Hall–Kier alpha value is -2.01. The Balaban J connectivity index is 1.92. The lowest BCUT2D eigenvalue weighted by molar-refractivity contribution is -0.116. The first kappa shape index (κ1) is 13.0. The number of carbonyl (C=O) groups is 1. The van der Waals surface area contributed by atoms with E-state index in [0.717, 1.165) is 15.7 Å². The van der Waals surface area contributed by atoms with Gasteiger partial charge in [0.25, 0.3) is 0 Å². The number of carbonyl (C=O) groups excluding carboxylic acids is 1. The van der Waals surface area contributed by atoms with Crippen molar-refractivity contribution < 1.29 is 9.53 Å². The number of halogens is 1. The molecule has 0 saturated carbocycles. The average Bonchev–Trinajstić information content (AvgIpc) is 2.40. The monoisotopic (exact) mass is 332 g/mol. The van der Waals surface area contributed by atoms with Crippen molar-refractivity contribution in [2.24, 2.45) is 0 Å². The lowest BCUT2D eigenvalue weighted by Gasteiger charge is -2.19. The molecule has 0 spiro atoms. The van der Waals surface area contributed by atoms with Gasteiger partial charge in [-0.25, -0.2) is 0 Å². The van der Waals surface area contributed by atoms with Crippen molar-refractivity contribution in [2.75, 3.05) is 11.1 Å². The number of hydrogen-bond acceptors (Lipinski definition) is 3. The number of fused-ring (bicyclic) bond motifs is 1. The maximum atomic E-state index is 11.4. The average molecular weight is 333 g/mol. The smallest absolute Gasteiger partial charge is 0.224 e. The van der Waals surface area contributed by atoms with Crippen molar-refractivity contribution in [3.8, 4) is 11.5 Å². The van der Waals surface area contributed by atoms with Crippen LogP contribution >= 0.6 is 15.9 Å². The largest absolute Gasteiger partial charge is 0.455 e. The number of rotatable bonds is 2. The molecule has 0 saturated heterocycles. The minimum atomic E-state index is 0.0255. The first-order valence-corrected chi connectivity index (χ1v) is 7.07. The molecule has 102 valence electrons. The molecular weight excluding hydrogens is 320 g/mol. The van der Waals surface area contributed by atoms with E-state index in [-0.39, 0.29) is 5.91 Å². The summed E-state index contributed by atoms with van der Waals surface area (Å²) in [6.07, 6.45) is 1.20. The van der Waals surface area contributed by atoms with Gasteiger partial charge in [-0.05, 0) is 42.3 Å². The van der Waals surface area contributed by atoms with E-state index in [9.17, 15) is 4.79 Å². The lowest BCUT2D eigenvalue weighted by Crippen LogP contribution is -2.19. The van der Waals surface area contributed by atoms with Crippen LogP contribution < -0.4 is 15.8 Å². The molecule has 1 aliphatic rings. The molecule has 3 rings (SSSR count). The highest BCUT2D eigenvalue weighted by atomic mass is 79.9. The first-order chi connectivity index (χ1) is 9.61. The topological polar surface area (TPSA) is 64.3 Å². The van der Waals surface area contributed by atoms with Gasteiger partial charge in [0.2, 0.25) is 5.91 Å². The molecule has 1 amide bonds. The second-order valence-electron chi connectivity index (χ2n) is 4.65. The standard InChI is InChI=1S/C15H13BrN2O2/c16-10-2-1-3-11(7-10)20-14-6-9-4-5-15(19)18-13(9)8-12(14)17/h1-3,6-8H,4-5,17H2,(H,18,19). The molecule has 0 atom stereocenters. The molecule has 0 aromatic heterocycles. The third-order valence-corrected chi connectivity index (χ3v) is 3.65. The van der Waals surface area contributed by atoms with Gasteiger partial charge >= 0.3 is 0 Å². The molecule has 3 N–H and O–H groups in total. The number of benzene rings is 2. The third kappa shape index (κ3) is 2.63. The van der Waals surface area contributed by atoms with Crippen LogP contribution in [0.3, 0.4) is 0 Å². The van der Waals surface area contributed by atoms with Crippen LogP contribution in [0.15, 0.2) is 40.9 Å². The Morgan fingerprint density at radius 2 is 2.05 bits per heavy atom. The highest BCUT2D eigenvalue weighted by Gasteiger charge is 2.17. The molecule has 0 aliphatic carbocycles. The van der Waals surface area contributed by atoms with Crippen molar-refractivity contribution in [1.29, 1.82) is 0 Å². The third-order valence-electron chi connectivity index (χ3n) is 3.16. The predicted octanol–water partition coefficient (Wildman–Crippen LogP) is 3.71. The SMILES string of the molecule is Nc1cc2c(cc1Oc1cccc(Br)c1)CCC(=O)N2. The van der Waals surface area contributed by atoms with Crippen molar-refractivity contribution >= 4 is 33.2 Å². The maximum Gasteiger partial charge on any atom is 0.224 e. The zero-order valence-corrected chi connectivity index (χ0v) is 12.2. The summed E-state index contributed by atoms with van der Waals surface area (Å²) in [5.74, 6) is 1.35. The summed E-state index contributed by atoms with van der Waals surface area (Å²) >= 11 is 3.40. The summed E-state index contributed by atoms with van der Waals surface area (Å²) in [7, 11) is 0. The minimum Gasteiger partial charge on any atom is -0.455 e. The molecule has 1 heterocycles. The molecule has 0 unspecified atom stereocenters. The van der Waals surface area contributed by atoms with Gasteiger partial charge < -0.3 is 15.8 Å². The van der Waals surface area contributed by atoms with E-state index < -0.39 is 0 Å². The Bertz CT molecular complexity index is 686. The second kappa shape index (κ2) is 5.17. The van der Waals surface area contributed by atoms with Crippen molar-refractivity contribution in [1.82, 2.24) is 0 Å². The summed E-state index contributed by atoms with van der Waals surface area (Å²) in [4.78, 5) is 11.4. The van der Waals surface area contributed by atoms with E-state index >= 15 is 0 Å². The fourth-order valence-corrected chi connectivity index (χ4v) is 2.55. The van der Waals surface area contributed by atoms with E-state index in [1.807, 2.05) is 30.3 Å². The maximum absolute atomic E-state index is 11.4. The zero-order chi connectivity index (χ0) is 14.1. The van der Waals surface area contributed by atoms with E-state index in [1.54, 1.807) is 6.07 Å². The normalized spacial score (nSPS) is 13.6. The Kier molecular flexibility index (Phi) is 3.36. The number of aryl methyl sites for hydroxylation is 1. The molecular formula is C15H13BrN2O2. The number of ether oxygens (including phenoxy) is 1. The van der Waals surface area contributed by atoms with Crippen LogP contribution in [0.1, 0.15) is 12.0 Å². The van der Waals surface area contributed by atoms with Gasteiger partial charge in [-0.1, -0.05) is 22.0 Å². The van der Waals surface area contributed by atoms with Crippen LogP contribution in [-0.2, 0) is 11.2 Å². The summed E-state index contributed by atoms with van der Waals surface area (Å²) in [5.41, 5.74) is 8.32. The van der Waals surface area contributed by atoms with Crippen LogP contribution in [-0.4, -0.2) is 5.91 Å². The number of anilines is 2. The summed E-state index contributed by atoms with van der Waals surface area (Å²) < 4.78 is 6.76. The quantitative estimate of drug-likeness (QED) is 0.824. The van der Waals surface area contributed by atoms with E-state index in [0.29, 0.717) is 30.0 Å². The highest BCUT2D eigenvalue weighted by molar-refractivity contribution is 9.10. The zero-order valence-electron chi connectivity index (χ0n) is 10.7. The van der Waals surface area contributed by atoms with Gasteiger partial charge in [0.05, 0.1) is 5.69 Å². The van der Waals surface area contributed by atoms with Gasteiger partial charge in [0, 0.05) is 16.6 Å². The van der Waals surface area contributed by atoms with Crippen LogP contribution in [0.25, 0.3) is 0 Å². The van der Waals surface area contributed by atoms with E-state index in [1.165, 1.54) is 0 Å². The number of nitrogens with two attached hydrogens (primary N) is 1. The van der Waals surface area contributed by atoms with E-state index in [4.69, 9.17) is 10.5 Å². The molecule has 2 aromatic carbocycles. The van der Waals surface area contributed by atoms with Gasteiger partial charge in [-0.3, -0.25) is 4.79 Å². The molecule has 2 aromatic rings. The fraction of sp³-hybridized carbons (Fsp3) is 0.133. The molecule has 20 heavy (non-hydrogen) atoms. The van der Waals surface area contributed by atoms with Crippen molar-refractivity contribution in [3.63, 3.8) is 0 Å². The minimum absolute atomic E-state index is 0.0255. The lowest BCUT2D eigenvalue weighted by atomic mass is 10.0. The van der Waals surface area contributed by atoms with E-state index in [2.05, 4.69) is 21.2 Å². The molecule has 5 heteroatoms. The van der Waals surface area contributed by atoms with Gasteiger partial charge in [0.1, 0.15) is 5.75 Å². The van der Waals surface area contributed by atoms with Crippen molar-refractivity contribution in [2.45, 2.75) is 12.8 Å². The molecule has 0 bridgehead atoms. The fourth-order valence-electron chi connectivity index (χ4n) is 2.17. The number of hydrogen-bond donors (Lipinski definition) is 2. The first-order valence-electron chi connectivity index (χ1n) is 6.27. The second-order valence-corrected chi connectivity index (χ2v) is 5.57. The molecule has 4 nitrogen and oxygen atoms in total. The van der Waals surface area contributed by atoms with Crippen LogP contribution in [0.4, 0.5) is 11.4 Å². The Morgan fingerprint density at radius 1 is 1.20 bits per heavy atom. The van der Waals surface area contributed by atoms with Gasteiger partial charge in [0.15, 0.2) is 5.75 Å². The number of nitrogens with one attached hydrogen (secondary N) is 1. The Labute approximate surface area is 125 Å². The van der Waals surface area contributed by atoms with Gasteiger partial charge in [-0.15, -0.1) is 0 Å². The molecule has 0 radical (unpaired) electrons.